The maximum Gasteiger partial charge on any atom is 0.335 e. The van der Waals surface area contributed by atoms with Gasteiger partial charge in [0.15, 0.2) is 0 Å². The van der Waals surface area contributed by atoms with Crippen LogP contribution in [0, 0.1) is 9.49 Å². The van der Waals surface area contributed by atoms with Crippen LogP contribution in [0.3, 0.4) is 0 Å². The number of benzene rings is 1. The van der Waals surface area contributed by atoms with Crippen molar-refractivity contribution in [2.45, 2.75) is 19.8 Å². The zero-order valence-electron chi connectivity index (χ0n) is 11.6. The number of halogens is 1. The number of nitrogens with zero attached hydrogens (tertiary/aromatic N) is 1. The van der Waals surface area contributed by atoms with Gasteiger partial charge in [0.2, 0.25) is 0 Å². The summed E-state index contributed by atoms with van der Waals surface area (Å²) in [6, 6.07) is 6.43. The van der Waals surface area contributed by atoms with Crippen LogP contribution in [0.4, 0.5) is 5.69 Å². The number of ether oxygens (including phenoxy) is 1. The van der Waals surface area contributed by atoms with E-state index in [1.807, 2.05) is 13.0 Å². The van der Waals surface area contributed by atoms with Gasteiger partial charge < -0.3 is 9.64 Å². The van der Waals surface area contributed by atoms with E-state index in [0.717, 1.165) is 23.6 Å². The fraction of sp³-hybridized carbons (Fsp3) is 0.438. The molecule has 0 atom stereocenters. The van der Waals surface area contributed by atoms with E-state index in [4.69, 9.17) is 4.74 Å². The maximum absolute atomic E-state index is 12.0. The Kier molecular flexibility index (Phi) is 4.01. The lowest BCUT2D eigenvalue weighted by Gasteiger charge is -2.31. The van der Waals surface area contributed by atoms with Crippen molar-refractivity contribution in [3.63, 3.8) is 0 Å². The molecule has 0 radical (unpaired) electrons. The van der Waals surface area contributed by atoms with Crippen LogP contribution in [0.5, 0.6) is 0 Å². The molecular weight excluding hydrogens is 365 g/mol. The topological polar surface area (TPSA) is 29.5 Å². The summed E-state index contributed by atoms with van der Waals surface area (Å²) in [7, 11) is 0. The van der Waals surface area contributed by atoms with Crippen molar-refractivity contribution in [2.24, 2.45) is 5.92 Å². The van der Waals surface area contributed by atoms with E-state index >= 15 is 0 Å². The van der Waals surface area contributed by atoms with E-state index in [9.17, 15) is 4.79 Å². The highest BCUT2D eigenvalue weighted by Crippen LogP contribution is 2.36. The smallest absolute Gasteiger partial charge is 0.335 e. The third kappa shape index (κ3) is 3.00. The molecule has 1 heterocycles. The molecule has 1 aromatic carbocycles. The Bertz CT molecular complexity index is 564. The zero-order chi connectivity index (χ0) is 14.1. The minimum atomic E-state index is -0.183. The van der Waals surface area contributed by atoms with Gasteiger partial charge in [0.05, 0.1) is 18.7 Å². The van der Waals surface area contributed by atoms with Crippen LogP contribution in [0.15, 0.2) is 23.8 Å². The Hall–Kier alpha value is -1.04. The first-order chi connectivity index (χ1) is 9.67. The van der Waals surface area contributed by atoms with Crippen LogP contribution < -0.4 is 4.90 Å². The molecule has 3 rings (SSSR count). The molecule has 106 valence electrons. The highest BCUT2D eigenvalue weighted by atomic mass is 127. The number of hydrogen-bond donors (Lipinski definition) is 0. The van der Waals surface area contributed by atoms with Crippen LogP contribution in [-0.2, 0) is 9.53 Å². The fourth-order valence-corrected chi connectivity index (χ4v) is 3.09. The van der Waals surface area contributed by atoms with Crippen molar-refractivity contribution in [3.8, 4) is 0 Å². The van der Waals surface area contributed by atoms with Crippen molar-refractivity contribution in [2.75, 3.05) is 24.6 Å². The second kappa shape index (κ2) is 5.76. The van der Waals surface area contributed by atoms with Gasteiger partial charge >= 0.3 is 5.97 Å². The van der Waals surface area contributed by atoms with Crippen molar-refractivity contribution in [1.82, 2.24) is 0 Å². The summed E-state index contributed by atoms with van der Waals surface area (Å²) in [4.78, 5) is 14.3. The summed E-state index contributed by atoms with van der Waals surface area (Å²) in [5, 5.41) is 0. The van der Waals surface area contributed by atoms with E-state index in [1.165, 1.54) is 22.1 Å². The molecule has 4 heteroatoms. The van der Waals surface area contributed by atoms with Gasteiger partial charge in [-0.15, -0.1) is 0 Å². The molecule has 1 aliphatic heterocycles. The number of carbonyl (C=O) groups excluding carboxylic acids is 1. The van der Waals surface area contributed by atoms with E-state index < -0.39 is 0 Å². The molecule has 0 unspecified atom stereocenters. The largest absolute Gasteiger partial charge is 0.463 e. The normalized spacial score (nSPS) is 17.5. The first-order valence-corrected chi connectivity index (χ1v) is 8.17. The molecule has 0 N–H and O–H groups in total. The summed E-state index contributed by atoms with van der Waals surface area (Å²) in [6.07, 6.45) is 4.61. The minimum Gasteiger partial charge on any atom is -0.463 e. The van der Waals surface area contributed by atoms with Crippen molar-refractivity contribution in [3.05, 3.63) is 32.9 Å². The number of anilines is 1. The molecular formula is C16H18INO2. The molecule has 1 aromatic rings. The van der Waals surface area contributed by atoms with Crippen LogP contribution in [0.1, 0.15) is 25.3 Å². The Labute approximate surface area is 133 Å². The lowest BCUT2D eigenvalue weighted by atomic mass is 10.0. The lowest BCUT2D eigenvalue weighted by Crippen LogP contribution is -2.33. The molecule has 1 saturated carbocycles. The number of hydrogen-bond acceptors (Lipinski definition) is 3. The lowest BCUT2D eigenvalue weighted by molar-refractivity contribution is -0.138. The third-order valence-corrected chi connectivity index (χ3v) is 4.41. The van der Waals surface area contributed by atoms with Gasteiger partial charge in [0.25, 0.3) is 0 Å². The van der Waals surface area contributed by atoms with Gasteiger partial charge in [-0.05, 0) is 78.1 Å². The number of carbonyl (C=O) groups is 1. The summed E-state index contributed by atoms with van der Waals surface area (Å²) in [5.74, 6) is 0.612. The van der Waals surface area contributed by atoms with Crippen molar-refractivity contribution in [1.29, 1.82) is 0 Å². The van der Waals surface area contributed by atoms with Crippen LogP contribution in [0.25, 0.3) is 6.08 Å². The van der Waals surface area contributed by atoms with Gasteiger partial charge in [-0.2, -0.15) is 0 Å². The summed E-state index contributed by atoms with van der Waals surface area (Å²) < 4.78 is 6.35. The second-order valence-electron chi connectivity index (χ2n) is 5.42. The standard InChI is InChI=1S/C16H18INO2/c1-2-20-16(19)13-7-12-8-14(17)5-6-15(12)18(10-13)9-11-3-4-11/h5-8,11H,2-4,9-10H2,1H3. The Balaban J connectivity index is 1.92. The monoisotopic (exact) mass is 383 g/mol. The Morgan fingerprint density at radius 3 is 2.95 bits per heavy atom. The third-order valence-electron chi connectivity index (χ3n) is 3.73. The van der Waals surface area contributed by atoms with Gasteiger partial charge in [0.1, 0.15) is 0 Å². The molecule has 2 aliphatic rings. The van der Waals surface area contributed by atoms with E-state index in [0.29, 0.717) is 13.2 Å². The summed E-state index contributed by atoms with van der Waals surface area (Å²) in [6.45, 7) is 3.99. The first kappa shape index (κ1) is 13.9. The SMILES string of the molecule is CCOC(=O)C1=Cc2cc(I)ccc2N(CC2CC2)C1. The Morgan fingerprint density at radius 1 is 1.45 bits per heavy atom. The van der Waals surface area contributed by atoms with Crippen molar-refractivity contribution < 1.29 is 9.53 Å². The number of fused-ring (bicyclic) bond motifs is 1. The quantitative estimate of drug-likeness (QED) is 0.589. The van der Waals surface area contributed by atoms with E-state index in [-0.39, 0.29) is 5.97 Å². The minimum absolute atomic E-state index is 0.183. The summed E-state index contributed by atoms with van der Waals surface area (Å²) >= 11 is 2.31. The van der Waals surface area contributed by atoms with E-state index in [1.54, 1.807) is 0 Å². The maximum atomic E-state index is 12.0. The predicted molar refractivity (Wildman–Crippen MR) is 88.7 cm³/mol. The molecule has 0 bridgehead atoms. The Morgan fingerprint density at radius 2 is 2.25 bits per heavy atom. The van der Waals surface area contributed by atoms with Crippen LogP contribution in [-0.4, -0.2) is 25.7 Å². The molecule has 0 aromatic heterocycles. The van der Waals surface area contributed by atoms with Gasteiger partial charge in [-0.1, -0.05) is 0 Å². The van der Waals surface area contributed by atoms with Crippen molar-refractivity contribution >= 4 is 40.3 Å². The first-order valence-electron chi connectivity index (χ1n) is 7.09. The molecule has 1 fully saturated rings. The molecule has 3 nitrogen and oxygen atoms in total. The molecule has 0 saturated heterocycles. The average Bonchev–Trinajstić information content (AvgIpc) is 3.22. The second-order valence-corrected chi connectivity index (χ2v) is 6.66. The van der Waals surface area contributed by atoms with Gasteiger partial charge in [0, 0.05) is 15.8 Å². The van der Waals surface area contributed by atoms with Gasteiger partial charge in [-0.3, -0.25) is 0 Å². The highest BCUT2D eigenvalue weighted by Gasteiger charge is 2.29. The summed E-state index contributed by atoms with van der Waals surface area (Å²) in [5.41, 5.74) is 3.14. The molecule has 20 heavy (non-hydrogen) atoms. The molecule has 1 aliphatic carbocycles. The fourth-order valence-electron chi connectivity index (χ4n) is 2.58. The average molecular weight is 383 g/mol. The predicted octanol–water partition coefficient (Wildman–Crippen LogP) is 3.47. The molecule has 0 amide bonds. The van der Waals surface area contributed by atoms with Crippen LogP contribution >= 0.6 is 22.6 Å². The highest BCUT2D eigenvalue weighted by molar-refractivity contribution is 14.1. The van der Waals surface area contributed by atoms with Crippen LogP contribution in [0.2, 0.25) is 0 Å². The number of esters is 1. The zero-order valence-corrected chi connectivity index (χ0v) is 13.7. The number of rotatable bonds is 4. The van der Waals surface area contributed by atoms with E-state index in [2.05, 4.69) is 45.7 Å². The molecule has 0 spiro atoms. The van der Waals surface area contributed by atoms with Gasteiger partial charge in [-0.25, -0.2) is 4.79 Å².